The van der Waals surface area contributed by atoms with Gasteiger partial charge in [-0.3, -0.25) is 4.79 Å². The Kier molecular flexibility index (Phi) is 4.27. The van der Waals surface area contributed by atoms with E-state index < -0.39 is 0 Å². The molecule has 2 aromatic rings. The zero-order chi connectivity index (χ0) is 15.7. The van der Waals surface area contributed by atoms with Gasteiger partial charge >= 0.3 is 0 Å². The summed E-state index contributed by atoms with van der Waals surface area (Å²) < 4.78 is 0. The molecule has 0 bridgehead atoms. The molecule has 22 heavy (non-hydrogen) atoms. The van der Waals surface area contributed by atoms with Gasteiger partial charge in [-0.15, -0.1) is 0 Å². The average molecular weight is 335 g/mol. The summed E-state index contributed by atoms with van der Waals surface area (Å²) in [6.45, 7) is 2.76. The van der Waals surface area contributed by atoms with Crippen molar-refractivity contribution in [2.75, 3.05) is 16.8 Å². The second kappa shape index (κ2) is 6.19. The number of amides is 1. The number of anilines is 2. The highest BCUT2D eigenvalue weighted by Gasteiger charge is 2.27. The number of carbonyl (C=O) groups excluding carboxylic acids is 1. The van der Waals surface area contributed by atoms with Crippen LogP contribution in [-0.4, -0.2) is 18.5 Å². The Balaban J connectivity index is 1.75. The van der Waals surface area contributed by atoms with Gasteiger partial charge in [-0.1, -0.05) is 41.4 Å². The molecule has 1 amide bonds. The van der Waals surface area contributed by atoms with Crippen molar-refractivity contribution in [2.24, 2.45) is 0 Å². The SMILES string of the molecule is CC(C(=O)Nc1cc(Cl)cc(Cl)c1)N1CCc2ccccc21. The maximum atomic E-state index is 12.5. The molecule has 1 unspecified atom stereocenters. The molecular weight excluding hydrogens is 319 g/mol. The Labute approximate surface area is 139 Å². The number of fused-ring (bicyclic) bond motifs is 1. The van der Waals surface area contributed by atoms with Gasteiger partial charge in [0.2, 0.25) is 5.91 Å². The second-order valence-corrected chi connectivity index (χ2v) is 6.27. The third-order valence-corrected chi connectivity index (χ3v) is 4.34. The van der Waals surface area contributed by atoms with Gasteiger partial charge in [0.25, 0.3) is 0 Å². The molecule has 1 aliphatic rings. The van der Waals surface area contributed by atoms with E-state index in [9.17, 15) is 4.79 Å². The largest absolute Gasteiger partial charge is 0.359 e. The summed E-state index contributed by atoms with van der Waals surface area (Å²) in [6, 6.07) is 12.9. The topological polar surface area (TPSA) is 32.3 Å². The lowest BCUT2D eigenvalue weighted by Crippen LogP contribution is -2.41. The maximum absolute atomic E-state index is 12.5. The first-order chi connectivity index (χ1) is 10.5. The fourth-order valence-corrected chi connectivity index (χ4v) is 3.31. The maximum Gasteiger partial charge on any atom is 0.246 e. The molecule has 1 heterocycles. The predicted molar refractivity (Wildman–Crippen MR) is 92.0 cm³/mol. The van der Waals surface area contributed by atoms with Crippen LogP contribution in [0.5, 0.6) is 0 Å². The standard InChI is InChI=1S/C17H16Cl2N2O/c1-11(21-7-6-12-4-2-3-5-16(12)21)17(22)20-15-9-13(18)8-14(19)10-15/h2-5,8-11H,6-7H2,1H3,(H,20,22). The molecule has 1 N–H and O–H groups in total. The van der Waals surface area contributed by atoms with Crippen LogP contribution in [0, 0.1) is 0 Å². The Morgan fingerprint density at radius 3 is 2.59 bits per heavy atom. The lowest BCUT2D eigenvalue weighted by molar-refractivity contribution is -0.117. The average Bonchev–Trinajstić information content (AvgIpc) is 2.89. The van der Waals surface area contributed by atoms with E-state index in [4.69, 9.17) is 23.2 Å². The molecule has 1 atom stereocenters. The summed E-state index contributed by atoms with van der Waals surface area (Å²) in [7, 11) is 0. The van der Waals surface area contributed by atoms with E-state index >= 15 is 0 Å². The molecule has 3 rings (SSSR count). The summed E-state index contributed by atoms with van der Waals surface area (Å²) in [5.74, 6) is -0.0740. The minimum atomic E-state index is -0.263. The number of nitrogens with one attached hydrogen (secondary N) is 1. The van der Waals surface area contributed by atoms with Crippen molar-refractivity contribution < 1.29 is 4.79 Å². The number of halogens is 2. The Morgan fingerprint density at radius 2 is 1.86 bits per heavy atom. The Hall–Kier alpha value is -1.71. The van der Waals surface area contributed by atoms with Crippen LogP contribution < -0.4 is 10.2 Å². The van der Waals surface area contributed by atoms with Crippen LogP contribution in [0.1, 0.15) is 12.5 Å². The first-order valence-corrected chi connectivity index (χ1v) is 7.92. The minimum absolute atomic E-state index is 0.0740. The van der Waals surface area contributed by atoms with Gasteiger partial charge in [0.1, 0.15) is 6.04 Å². The van der Waals surface area contributed by atoms with Crippen molar-refractivity contribution in [1.82, 2.24) is 0 Å². The number of hydrogen-bond acceptors (Lipinski definition) is 2. The summed E-state index contributed by atoms with van der Waals surface area (Å²) in [5, 5.41) is 3.89. The highest BCUT2D eigenvalue weighted by Crippen LogP contribution is 2.30. The first kappa shape index (κ1) is 15.2. The number of carbonyl (C=O) groups is 1. The van der Waals surface area contributed by atoms with Crippen LogP contribution in [-0.2, 0) is 11.2 Å². The van der Waals surface area contributed by atoms with E-state index in [1.165, 1.54) is 5.56 Å². The zero-order valence-electron chi connectivity index (χ0n) is 12.1. The smallest absolute Gasteiger partial charge is 0.246 e. The molecule has 0 aromatic heterocycles. The van der Waals surface area contributed by atoms with Gasteiger partial charge in [0.15, 0.2) is 0 Å². The van der Waals surface area contributed by atoms with Crippen molar-refractivity contribution in [1.29, 1.82) is 0 Å². The van der Waals surface area contributed by atoms with Crippen LogP contribution in [0.4, 0.5) is 11.4 Å². The Bertz CT molecular complexity index is 697. The fourth-order valence-electron chi connectivity index (χ4n) is 2.78. The molecule has 0 saturated heterocycles. The number of hydrogen-bond donors (Lipinski definition) is 1. The minimum Gasteiger partial charge on any atom is -0.359 e. The molecule has 114 valence electrons. The lowest BCUT2D eigenvalue weighted by atomic mass is 10.1. The Morgan fingerprint density at radius 1 is 1.18 bits per heavy atom. The summed E-state index contributed by atoms with van der Waals surface area (Å²) in [4.78, 5) is 14.6. The van der Waals surface area contributed by atoms with Gasteiger partial charge in [0.05, 0.1) is 0 Å². The number of para-hydroxylation sites is 1. The van der Waals surface area contributed by atoms with E-state index in [0.29, 0.717) is 15.7 Å². The third-order valence-electron chi connectivity index (χ3n) is 3.90. The van der Waals surface area contributed by atoms with Crippen LogP contribution in [0.3, 0.4) is 0 Å². The van der Waals surface area contributed by atoms with E-state index in [0.717, 1.165) is 18.7 Å². The molecule has 0 radical (unpaired) electrons. The lowest BCUT2D eigenvalue weighted by Gasteiger charge is -2.26. The van der Waals surface area contributed by atoms with Gasteiger partial charge in [-0.2, -0.15) is 0 Å². The van der Waals surface area contributed by atoms with Crippen molar-refractivity contribution in [2.45, 2.75) is 19.4 Å². The molecule has 3 nitrogen and oxygen atoms in total. The molecule has 0 saturated carbocycles. The van der Waals surface area contributed by atoms with Gasteiger partial charge in [-0.25, -0.2) is 0 Å². The highest BCUT2D eigenvalue weighted by atomic mass is 35.5. The van der Waals surface area contributed by atoms with E-state index in [1.54, 1.807) is 18.2 Å². The van der Waals surface area contributed by atoms with Crippen LogP contribution in [0.25, 0.3) is 0 Å². The van der Waals surface area contributed by atoms with E-state index in [1.807, 2.05) is 19.1 Å². The van der Waals surface area contributed by atoms with Crippen molar-refractivity contribution in [3.63, 3.8) is 0 Å². The predicted octanol–water partition coefficient (Wildman–Crippen LogP) is 4.38. The van der Waals surface area contributed by atoms with Crippen molar-refractivity contribution >= 4 is 40.5 Å². The number of rotatable bonds is 3. The quantitative estimate of drug-likeness (QED) is 0.903. The third kappa shape index (κ3) is 3.06. The monoisotopic (exact) mass is 334 g/mol. The molecule has 5 heteroatoms. The molecule has 1 aliphatic heterocycles. The molecule has 0 spiro atoms. The highest BCUT2D eigenvalue weighted by molar-refractivity contribution is 6.35. The van der Waals surface area contributed by atoms with Crippen molar-refractivity contribution in [3.8, 4) is 0 Å². The van der Waals surface area contributed by atoms with E-state index in [-0.39, 0.29) is 11.9 Å². The number of nitrogens with zero attached hydrogens (tertiary/aromatic N) is 1. The van der Waals surface area contributed by atoms with Crippen molar-refractivity contribution in [3.05, 3.63) is 58.1 Å². The van der Waals surface area contributed by atoms with Gasteiger partial charge < -0.3 is 10.2 Å². The van der Waals surface area contributed by atoms with Gasteiger partial charge in [-0.05, 0) is 43.2 Å². The van der Waals surface area contributed by atoms with Crippen LogP contribution in [0.2, 0.25) is 10.0 Å². The molecule has 2 aromatic carbocycles. The van der Waals surface area contributed by atoms with Gasteiger partial charge in [0, 0.05) is 28.0 Å². The van der Waals surface area contributed by atoms with Crippen LogP contribution in [0.15, 0.2) is 42.5 Å². The summed E-state index contributed by atoms with van der Waals surface area (Å²) in [6.07, 6.45) is 0.969. The van der Waals surface area contributed by atoms with E-state index in [2.05, 4.69) is 22.3 Å². The second-order valence-electron chi connectivity index (χ2n) is 5.40. The fraction of sp³-hybridized carbons (Fsp3) is 0.235. The number of benzene rings is 2. The summed E-state index contributed by atoms with van der Waals surface area (Å²) in [5.41, 5.74) is 3.03. The van der Waals surface area contributed by atoms with Crippen LogP contribution >= 0.6 is 23.2 Å². The molecule has 0 fully saturated rings. The molecular formula is C17H16Cl2N2O. The zero-order valence-corrected chi connectivity index (χ0v) is 13.7. The normalized spacial score (nSPS) is 14.6. The molecule has 0 aliphatic carbocycles. The summed E-state index contributed by atoms with van der Waals surface area (Å²) >= 11 is 11.9. The first-order valence-electron chi connectivity index (χ1n) is 7.16.